The van der Waals surface area contributed by atoms with Crippen molar-refractivity contribution in [2.45, 2.75) is 32.9 Å². The zero-order valence-electron chi connectivity index (χ0n) is 14.4. The number of aromatic nitrogens is 1. The van der Waals surface area contributed by atoms with Crippen LogP contribution < -0.4 is 10.1 Å². The molecule has 6 nitrogen and oxygen atoms in total. The summed E-state index contributed by atoms with van der Waals surface area (Å²) in [5.41, 5.74) is 0.500. The minimum Gasteiger partial charge on any atom is -0.486 e. The lowest BCUT2D eigenvalue weighted by molar-refractivity contribution is -0.139. The van der Waals surface area contributed by atoms with Gasteiger partial charge in [0.05, 0.1) is 5.69 Å². The number of amides is 1. The molecule has 1 aromatic carbocycles. The van der Waals surface area contributed by atoms with Gasteiger partial charge in [-0.05, 0) is 44.5 Å². The molecule has 0 fully saturated rings. The summed E-state index contributed by atoms with van der Waals surface area (Å²) in [7, 11) is 0. The average molecular weight is 378 g/mol. The third-order valence-corrected chi connectivity index (χ3v) is 4.56. The molecule has 1 amide bonds. The highest BCUT2D eigenvalue weighted by Gasteiger charge is 2.22. The first kappa shape index (κ1) is 19.6. The highest BCUT2D eigenvalue weighted by molar-refractivity contribution is 7.13. The van der Waals surface area contributed by atoms with Crippen molar-refractivity contribution >= 4 is 23.2 Å². The lowest BCUT2D eigenvalue weighted by Gasteiger charge is -2.11. The zero-order chi connectivity index (χ0) is 19.1. The van der Waals surface area contributed by atoms with E-state index in [9.17, 15) is 19.1 Å². The first-order valence-corrected chi connectivity index (χ1v) is 8.72. The number of hydrogen-bond acceptors (Lipinski definition) is 5. The molecule has 0 aliphatic carbocycles. The first-order chi connectivity index (χ1) is 12.4. The molecular weight excluding hydrogens is 359 g/mol. The Labute approximate surface area is 154 Å². The van der Waals surface area contributed by atoms with Crippen molar-refractivity contribution in [3.05, 3.63) is 57.8 Å². The van der Waals surface area contributed by atoms with E-state index in [4.69, 9.17) is 4.74 Å². The Morgan fingerprint density at radius 1 is 1.38 bits per heavy atom. The van der Waals surface area contributed by atoms with Crippen LogP contribution in [0, 0.1) is 12.7 Å². The molecule has 1 aromatic heterocycles. The van der Waals surface area contributed by atoms with E-state index in [1.807, 2.05) is 0 Å². The average Bonchev–Trinajstić information content (AvgIpc) is 2.98. The number of thiazole rings is 1. The fourth-order valence-corrected chi connectivity index (χ4v) is 3.00. The lowest BCUT2D eigenvalue weighted by atomic mass is 10.2. The van der Waals surface area contributed by atoms with Crippen molar-refractivity contribution in [2.75, 3.05) is 0 Å². The summed E-state index contributed by atoms with van der Waals surface area (Å²) in [6.45, 7) is 3.58. The molecule has 0 radical (unpaired) electrons. The minimum absolute atomic E-state index is 0.130. The smallest absolute Gasteiger partial charge is 0.326 e. The Morgan fingerprint density at radius 3 is 2.69 bits per heavy atom. The number of nitrogens with one attached hydrogen (secondary N) is 1. The monoisotopic (exact) mass is 378 g/mol. The summed E-state index contributed by atoms with van der Waals surface area (Å²) in [5, 5.41) is 12.3. The fraction of sp³-hybridized carbons (Fsp3) is 0.278. The Kier molecular flexibility index (Phi) is 6.85. The third kappa shape index (κ3) is 5.38. The van der Waals surface area contributed by atoms with E-state index < -0.39 is 17.9 Å². The molecule has 2 rings (SSSR count). The van der Waals surface area contributed by atoms with Gasteiger partial charge < -0.3 is 15.2 Å². The number of carboxylic acid groups (broad SMARTS) is 1. The second-order valence-corrected chi connectivity index (χ2v) is 6.52. The van der Waals surface area contributed by atoms with Crippen molar-refractivity contribution in [2.24, 2.45) is 0 Å². The molecular formula is C18H19FN2O4S. The van der Waals surface area contributed by atoms with Crippen LogP contribution in [0.3, 0.4) is 0 Å². The van der Waals surface area contributed by atoms with Crippen LogP contribution in [0.25, 0.3) is 0 Å². The number of nitrogens with zero attached hydrogens (tertiary/aromatic N) is 1. The summed E-state index contributed by atoms with van der Waals surface area (Å²) in [6.07, 6.45) is 3.61. The van der Waals surface area contributed by atoms with Gasteiger partial charge in [0, 0.05) is 0 Å². The standard InChI is InChI=1S/C18H19FN2O4S/c1-3-4-5-14(18(23)24)21-17(22)16-11(2)20-15(26-16)10-25-13-8-6-12(19)7-9-13/h3-4,6-9,14H,5,10H2,1-2H3,(H,21,22)(H,23,24)/b4-3+. The number of carbonyl (C=O) groups is 2. The topological polar surface area (TPSA) is 88.5 Å². The number of benzene rings is 1. The van der Waals surface area contributed by atoms with E-state index in [1.54, 1.807) is 26.0 Å². The van der Waals surface area contributed by atoms with Crippen LogP contribution in [0.1, 0.15) is 33.7 Å². The van der Waals surface area contributed by atoms with Gasteiger partial charge >= 0.3 is 5.97 Å². The molecule has 2 aromatic rings. The van der Waals surface area contributed by atoms with Crippen LogP contribution in [-0.4, -0.2) is 28.0 Å². The molecule has 0 saturated carbocycles. The number of ether oxygens (including phenoxy) is 1. The van der Waals surface area contributed by atoms with Crippen LogP contribution in [0.15, 0.2) is 36.4 Å². The maximum atomic E-state index is 12.9. The zero-order valence-corrected chi connectivity index (χ0v) is 15.2. The number of carboxylic acids is 1. The number of allylic oxidation sites excluding steroid dienone is 1. The van der Waals surface area contributed by atoms with Crippen molar-refractivity contribution in [1.82, 2.24) is 10.3 Å². The molecule has 8 heteroatoms. The van der Waals surface area contributed by atoms with Crippen molar-refractivity contribution < 1.29 is 23.8 Å². The maximum absolute atomic E-state index is 12.9. The molecule has 26 heavy (non-hydrogen) atoms. The predicted molar refractivity (Wildman–Crippen MR) is 95.9 cm³/mol. The van der Waals surface area contributed by atoms with Crippen molar-refractivity contribution in [3.63, 3.8) is 0 Å². The molecule has 138 valence electrons. The Balaban J connectivity index is 2.02. The van der Waals surface area contributed by atoms with E-state index >= 15 is 0 Å². The molecule has 0 aliphatic rings. The normalized spacial score (nSPS) is 12.1. The van der Waals surface area contributed by atoms with Gasteiger partial charge in [0.2, 0.25) is 0 Å². The summed E-state index contributed by atoms with van der Waals surface area (Å²) in [4.78, 5) is 28.2. The Morgan fingerprint density at radius 2 is 2.08 bits per heavy atom. The second kappa shape index (κ2) is 9.10. The van der Waals surface area contributed by atoms with E-state index in [-0.39, 0.29) is 18.8 Å². The van der Waals surface area contributed by atoms with Crippen LogP contribution in [0.5, 0.6) is 5.75 Å². The molecule has 0 bridgehead atoms. The van der Waals surface area contributed by atoms with E-state index in [0.717, 1.165) is 11.3 Å². The van der Waals surface area contributed by atoms with Gasteiger partial charge in [0.1, 0.15) is 34.1 Å². The summed E-state index contributed by atoms with van der Waals surface area (Å²) >= 11 is 1.13. The van der Waals surface area contributed by atoms with Crippen LogP contribution in [-0.2, 0) is 11.4 Å². The largest absolute Gasteiger partial charge is 0.486 e. The number of aliphatic carboxylic acids is 1. The highest BCUT2D eigenvalue weighted by atomic mass is 32.1. The van der Waals surface area contributed by atoms with Crippen LogP contribution in [0.4, 0.5) is 4.39 Å². The number of aryl methyl sites for hydroxylation is 1. The summed E-state index contributed by atoms with van der Waals surface area (Å²) in [5.74, 6) is -1.45. The molecule has 0 saturated heterocycles. The fourth-order valence-electron chi connectivity index (χ4n) is 2.12. The van der Waals surface area contributed by atoms with Gasteiger partial charge in [-0.1, -0.05) is 12.2 Å². The van der Waals surface area contributed by atoms with Gasteiger partial charge in [-0.15, -0.1) is 11.3 Å². The van der Waals surface area contributed by atoms with Crippen molar-refractivity contribution in [3.8, 4) is 5.75 Å². The molecule has 1 unspecified atom stereocenters. The maximum Gasteiger partial charge on any atom is 0.326 e. The predicted octanol–water partition coefficient (Wildman–Crippen LogP) is 3.32. The van der Waals surface area contributed by atoms with Gasteiger partial charge in [0.25, 0.3) is 5.91 Å². The Hall–Kier alpha value is -2.74. The third-order valence-electron chi connectivity index (χ3n) is 3.43. The molecule has 0 aliphatic heterocycles. The van der Waals surface area contributed by atoms with Gasteiger partial charge in [-0.3, -0.25) is 4.79 Å². The molecule has 1 heterocycles. The lowest BCUT2D eigenvalue weighted by Crippen LogP contribution is -2.40. The summed E-state index contributed by atoms with van der Waals surface area (Å²) < 4.78 is 18.4. The second-order valence-electron chi connectivity index (χ2n) is 5.43. The van der Waals surface area contributed by atoms with Gasteiger partial charge in [-0.2, -0.15) is 0 Å². The quantitative estimate of drug-likeness (QED) is 0.688. The Bertz CT molecular complexity index is 802. The first-order valence-electron chi connectivity index (χ1n) is 7.90. The van der Waals surface area contributed by atoms with E-state index in [0.29, 0.717) is 21.3 Å². The van der Waals surface area contributed by atoms with Crippen molar-refractivity contribution in [1.29, 1.82) is 0 Å². The number of halogens is 1. The molecule has 2 N–H and O–H groups in total. The SMILES string of the molecule is C/C=C/CC(NC(=O)c1sc(COc2ccc(F)cc2)nc1C)C(=O)O. The number of hydrogen-bond donors (Lipinski definition) is 2. The van der Waals surface area contributed by atoms with Gasteiger partial charge in [0.15, 0.2) is 0 Å². The molecule has 1 atom stereocenters. The summed E-state index contributed by atoms with van der Waals surface area (Å²) in [6, 6.07) is 4.58. The van der Waals surface area contributed by atoms with Crippen LogP contribution in [0.2, 0.25) is 0 Å². The molecule has 0 spiro atoms. The van der Waals surface area contributed by atoms with E-state index in [2.05, 4.69) is 10.3 Å². The van der Waals surface area contributed by atoms with E-state index in [1.165, 1.54) is 24.3 Å². The number of rotatable bonds is 8. The number of carbonyl (C=O) groups excluding carboxylic acids is 1. The highest BCUT2D eigenvalue weighted by Crippen LogP contribution is 2.21. The van der Waals surface area contributed by atoms with Gasteiger partial charge in [-0.25, -0.2) is 14.2 Å². The van der Waals surface area contributed by atoms with Crippen LogP contribution >= 0.6 is 11.3 Å². The minimum atomic E-state index is -1.10.